The van der Waals surface area contributed by atoms with E-state index in [1.54, 1.807) is 6.20 Å². The van der Waals surface area contributed by atoms with Crippen molar-refractivity contribution in [2.24, 2.45) is 11.3 Å². The van der Waals surface area contributed by atoms with Gasteiger partial charge in [-0.2, -0.15) is 0 Å². The zero-order valence-corrected chi connectivity index (χ0v) is 12.2. The van der Waals surface area contributed by atoms with Crippen LogP contribution in [0.2, 0.25) is 0 Å². The maximum Gasteiger partial charge on any atom is 0.213 e. The minimum Gasteiger partial charge on any atom is -0.474 e. The van der Waals surface area contributed by atoms with Crippen molar-refractivity contribution in [3.8, 4) is 5.88 Å². The highest BCUT2D eigenvalue weighted by molar-refractivity contribution is 6.17. The molecule has 0 amide bonds. The molecule has 0 aromatic carbocycles. The molecular weight excluding hydrogens is 246 g/mol. The van der Waals surface area contributed by atoms with Crippen LogP contribution in [0.3, 0.4) is 0 Å². The van der Waals surface area contributed by atoms with Gasteiger partial charge in [0.2, 0.25) is 5.88 Å². The zero-order chi connectivity index (χ0) is 13.2. The fraction of sp³-hybridized carbons (Fsp3) is 0.667. The predicted molar refractivity (Wildman–Crippen MR) is 75.0 cm³/mol. The molecule has 1 aliphatic carbocycles. The molecule has 0 aliphatic heterocycles. The van der Waals surface area contributed by atoms with E-state index in [1.807, 2.05) is 12.1 Å². The summed E-state index contributed by atoms with van der Waals surface area (Å²) in [4.78, 5) is 4.31. The SMILES string of the molecule is CC1CC(Oc2ccc(CCl)cn2)CC(C)(C)C1. The molecule has 1 heterocycles. The maximum absolute atomic E-state index is 6.01. The Bertz CT molecular complexity index is 388. The number of nitrogens with zero attached hydrogens (tertiary/aromatic N) is 1. The third-order valence-corrected chi connectivity index (χ3v) is 3.89. The van der Waals surface area contributed by atoms with Gasteiger partial charge in [-0.05, 0) is 36.2 Å². The number of pyridine rings is 1. The van der Waals surface area contributed by atoms with E-state index in [4.69, 9.17) is 16.3 Å². The molecule has 1 fully saturated rings. The number of hydrogen-bond acceptors (Lipinski definition) is 2. The summed E-state index contributed by atoms with van der Waals surface area (Å²) in [6.45, 7) is 6.95. The maximum atomic E-state index is 6.01. The molecule has 100 valence electrons. The summed E-state index contributed by atoms with van der Waals surface area (Å²) < 4.78 is 6.01. The second-order valence-electron chi connectivity index (χ2n) is 6.29. The standard InChI is InChI=1S/C15H22ClNO/c1-11-6-13(8-15(2,3)7-11)18-14-5-4-12(9-16)10-17-14/h4-5,10-11,13H,6-9H2,1-3H3. The van der Waals surface area contributed by atoms with E-state index in [1.165, 1.54) is 6.42 Å². The highest BCUT2D eigenvalue weighted by Crippen LogP contribution is 2.39. The average Bonchev–Trinajstić information content (AvgIpc) is 2.27. The first kappa shape index (κ1) is 13.7. The van der Waals surface area contributed by atoms with E-state index in [-0.39, 0.29) is 6.10 Å². The molecule has 1 saturated carbocycles. The van der Waals surface area contributed by atoms with Gasteiger partial charge >= 0.3 is 0 Å². The molecule has 2 atom stereocenters. The minimum atomic E-state index is 0.290. The first-order valence-corrected chi connectivity index (χ1v) is 7.19. The normalized spacial score (nSPS) is 26.9. The smallest absolute Gasteiger partial charge is 0.213 e. The van der Waals surface area contributed by atoms with Crippen molar-refractivity contribution in [3.63, 3.8) is 0 Å². The fourth-order valence-corrected chi connectivity index (χ4v) is 3.24. The van der Waals surface area contributed by atoms with Crippen LogP contribution in [-0.2, 0) is 5.88 Å². The highest BCUT2D eigenvalue weighted by atomic mass is 35.5. The molecule has 0 bridgehead atoms. The number of aromatic nitrogens is 1. The van der Waals surface area contributed by atoms with Gasteiger partial charge in [0.05, 0.1) is 0 Å². The third kappa shape index (κ3) is 3.61. The van der Waals surface area contributed by atoms with E-state index in [0.717, 1.165) is 30.2 Å². The van der Waals surface area contributed by atoms with Gasteiger partial charge in [0.15, 0.2) is 0 Å². The third-order valence-electron chi connectivity index (χ3n) is 3.59. The molecule has 3 heteroatoms. The molecule has 0 radical (unpaired) electrons. The van der Waals surface area contributed by atoms with E-state index < -0.39 is 0 Å². The molecule has 2 nitrogen and oxygen atoms in total. The van der Waals surface area contributed by atoms with Crippen LogP contribution >= 0.6 is 11.6 Å². The quantitative estimate of drug-likeness (QED) is 0.757. The number of rotatable bonds is 3. The molecule has 1 aromatic rings. The Morgan fingerprint density at radius 2 is 2.17 bits per heavy atom. The zero-order valence-electron chi connectivity index (χ0n) is 11.4. The van der Waals surface area contributed by atoms with E-state index in [9.17, 15) is 0 Å². The van der Waals surface area contributed by atoms with Crippen LogP contribution in [0.1, 0.15) is 45.6 Å². The number of ether oxygens (including phenoxy) is 1. The molecule has 18 heavy (non-hydrogen) atoms. The minimum absolute atomic E-state index is 0.290. The molecule has 0 N–H and O–H groups in total. The first-order chi connectivity index (χ1) is 8.48. The molecule has 2 rings (SSSR count). The fourth-order valence-electron chi connectivity index (χ4n) is 3.08. The van der Waals surface area contributed by atoms with Crippen LogP contribution in [0, 0.1) is 11.3 Å². The van der Waals surface area contributed by atoms with Crippen molar-refractivity contribution in [2.45, 2.75) is 52.0 Å². The largest absolute Gasteiger partial charge is 0.474 e. The van der Waals surface area contributed by atoms with Gasteiger partial charge in [-0.15, -0.1) is 11.6 Å². The van der Waals surface area contributed by atoms with Gasteiger partial charge in [0.25, 0.3) is 0 Å². The van der Waals surface area contributed by atoms with Crippen molar-refractivity contribution in [1.82, 2.24) is 4.98 Å². The van der Waals surface area contributed by atoms with Crippen LogP contribution in [0.15, 0.2) is 18.3 Å². The lowest BCUT2D eigenvalue weighted by Crippen LogP contribution is -2.34. The van der Waals surface area contributed by atoms with E-state index in [2.05, 4.69) is 25.8 Å². The summed E-state index contributed by atoms with van der Waals surface area (Å²) in [5, 5.41) is 0. The Labute approximate surface area is 115 Å². The van der Waals surface area contributed by atoms with E-state index in [0.29, 0.717) is 11.3 Å². The molecular formula is C15H22ClNO. The van der Waals surface area contributed by atoms with Gasteiger partial charge < -0.3 is 4.74 Å². The molecule has 0 saturated heterocycles. The van der Waals surface area contributed by atoms with Crippen LogP contribution in [0.5, 0.6) is 5.88 Å². The molecule has 2 unspecified atom stereocenters. The van der Waals surface area contributed by atoms with Gasteiger partial charge in [0.1, 0.15) is 6.10 Å². The molecule has 1 aliphatic rings. The highest BCUT2D eigenvalue weighted by Gasteiger charge is 2.33. The summed E-state index contributed by atoms with van der Waals surface area (Å²) in [5.74, 6) is 1.94. The van der Waals surface area contributed by atoms with E-state index >= 15 is 0 Å². The Kier molecular flexibility index (Phi) is 4.16. The number of halogens is 1. The van der Waals surface area contributed by atoms with Crippen molar-refractivity contribution in [2.75, 3.05) is 0 Å². The molecule has 1 aromatic heterocycles. The second-order valence-corrected chi connectivity index (χ2v) is 6.56. The Balaban J connectivity index is 1.99. The lowest BCUT2D eigenvalue weighted by Gasteiger charge is -2.38. The second kappa shape index (κ2) is 5.48. The monoisotopic (exact) mass is 267 g/mol. The lowest BCUT2D eigenvalue weighted by molar-refractivity contribution is 0.0532. The van der Waals surface area contributed by atoms with Gasteiger partial charge in [0, 0.05) is 18.1 Å². The van der Waals surface area contributed by atoms with Crippen LogP contribution in [0.4, 0.5) is 0 Å². The predicted octanol–water partition coefficient (Wildman–Crippen LogP) is 4.41. The number of hydrogen-bond donors (Lipinski definition) is 0. The van der Waals surface area contributed by atoms with Crippen molar-refractivity contribution in [3.05, 3.63) is 23.9 Å². The first-order valence-electron chi connectivity index (χ1n) is 6.66. The Morgan fingerprint density at radius 3 is 2.72 bits per heavy atom. The van der Waals surface area contributed by atoms with Crippen molar-refractivity contribution in [1.29, 1.82) is 0 Å². The van der Waals surface area contributed by atoms with Crippen LogP contribution in [-0.4, -0.2) is 11.1 Å². The summed E-state index contributed by atoms with van der Waals surface area (Å²) in [6.07, 6.45) is 5.60. The average molecular weight is 268 g/mol. The summed E-state index contributed by atoms with van der Waals surface area (Å²) >= 11 is 5.75. The Hall–Kier alpha value is -0.760. The van der Waals surface area contributed by atoms with Crippen LogP contribution < -0.4 is 4.74 Å². The van der Waals surface area contributed by atoms with Gasteiger partial charge in [-0.25, -0.2) is 4.98 Å². The van der Waals surface area contributed by atoms with Gasteiger partial charge in [-0.3, -0.25) is 0 Å². The van der Waals surface area contributed by atoms with Crippen molar-refractivity contribution >= 4 is 11.6 Å². The lowest BCUT2D eigenvalue weighted by atomic mass is 9.71. The van der Waals surface area contributed by atoms with Gasteiger partial charge in [-0.1, -0.05) is 26.8 Å². The van der Waals surface area contributed by atoms with Crippen molar-refractivity contribution < 1.29 is 4.74 Å². The topological polar surface area (TPSA) is 22.1 Å². The summed E-state index contributed by atoms with van der Waals surface area (Å²) in [6, 6.07) is 3.90. The summed E-state index contributed by atoms with van der Waals surface area (Å²) in [7, 11) is 0. The summed E-state index contributed by atoms with van der Waals surface area (Å²) in [5.41, 5.74) is 1.40. The number of alkyl halides is 1. The van der Waals surface area contributed by atoms with Crippen LogP contribution in [0.25, 0.3) is 0 Å². The molecule has 0 spiro atoms. The Morgan fingerprint density at radius 1 is 1.39 bits per heavy atom.